The second kappa shape index (κ2) is 4.25. The van der Waals surface area contributed by atoms with Crippen molar-refractivity contribution < 1.29 is 9.90 Å². The molecule has 2 aromatic rings. The molecule has 5 nitrogen and oxygen atoms in total. The van der Waals surface area contributed by atoms with Crippen LogP contribution < -0.4 is 0 Å². The Hall–Kier alpha value is -2.17. The van der Waals surface area contributed by atoms with Crippen molar-refractivity contribution in [3.63, 3.8) is 0 Å². The van der Waals surface area contributed by atoms with Gasteiger partial charge < -0.3 is 9.67 Å². The molecule has 0 aromatic carbocycles. The molecule has 1 atom stereocenters. The van der Waals surface area contributed by atoms with E-state index in [1.807, 2.05) is 22.9 Å². The van der Waals surface area contributed by atoms with E-state index in [9.17, 15) is 4.79 Å². The molecule has 0 fully saturated rings. The van der Waals surface area contributed by atoms with Gasteiger partial charge in [-0.15, -0.1) is 0 Å². The number of carboxylic acids is 1. The first-order chi connectivity index (χ1) is 8.74. The number of carboxylic acid groups (broad SMARTS) is 1. The summed E-state index contributed by atoms with van der Waals surface area (Å²) in [6.07, 6.45) is 6.65. The van der Waals surface area contributed by atoms with E-state index in [4.69, 9.17) is 5.11 Å². The van der Waals surface area contributed by atoms with Crippen molar-refractivity contribution in [1.29, 1.82) is 0 Å². The van der Waals surface area contributed by atoms with Gasteiger partial charge in [-0.2, -0.15) is 0 Å². The number of fused-ring (bicyclic) bond motifs is 1. The largest absolute Gasteiger partial charge is 0.481 e. The van der Waals surface area contributed by atoms with Gasteiger partial charge in [0.25, 0.3) is 0 Å². The van der Waals surface area contributed by atoms with Gasteiger partial charge in [0.1, 0.15) is 5.82 Å². The molecule has 3 heterocycles. The molecule has 0 aliphatic carbocycles. The summed E-state index contributed by atoms with van der Waals surface area (Å²) in [5.74, 6) is -0.179. The average molecular weight is 243 g/mol. The molecule has 2 aromatic heterocycles. The van der Waals surface area contributed by atoms with E-state index in [0.29, 0.717) is 12.8 Å². The van der Waals surface area contributed by atoms with Crippen LogP contribution in [0.2, 0.25) is 0 Å². The van der Waals surface area contributed by atoms with E-state index in [1.54, 1.807) is 12.4 Å². The summed E-state index contributed by atoms with van der Waals surface area (Å²) in [6, 6.07) is 3.82. The number of nitrogens with zero attached hydrogens (tertiary/aromatic N) is 3. The van der Waals surface area contributed by atoms with E-state index >= 15 is 0 Å². The van der Waals surface area contributed by atoms with E-state index in [0.717, 1.165) is 23.6 Å². The number of hydrogen-bond acceptors (Lipinski definition) is 3. The predicted octanol–water partition coefficient (Wildman–Crippen LogP) is 1.59. The SMILES string of the molecule is O=C(O)C1CCn2cc(-c3cccnc3)nc2C1. The highest BCUT2D eigenvalue weighted by atomic mass is 16.4. The van der Waals surface area contributed by atoms with Crippen LogP contribution in [-0.2, 0) is 17.8 Å². The van der Waals surface area contributed by atoms with Gasteiger partial charge in [0.2, 0.25) is 0 Å². The van der Waals surface area contributed by atoms with Crippen molar-refractivity contribution in [1.82, 2.24) is 14.5 Å². The standard InChI is InChI=1S/C13H13N3O2/c17-13(18)9-3-5-16-8-11(15-12(16)6-9)10-2-1-4-14-7-10/h1-2,4,7-9H,3,5-6H2,(H,17,18). The van der Waals surface area contributed by atoms with Crippen LogP contribution in [0, 0.1) is 5.92 Å². The van der Waals surface area contributed by atoms with Crippen molar-refractivity contribution in [2.24, 2.45) is 5.92 Å². The van der Waals surface area contributed by atoms with Gasteiger partial charge in [-0.25, -0.2) is 4.98 Å². The lowest BCUT2D eigenvalue weighted by molar-refractivity contribution is -0.142. The molecule has 0 saturated carbocycles. The van der Waals surface area contributed by atoms with Gasteiger partial charge in [-0.3, -0.25) is 9.78 Å². The first kappa shape index (κ1) is 11.0. The number of carbonyl (C=O) groups is 1. The Kier molecular flexibility index (Phi) is 2.59. The minimum atomic E-state index is -0.729. The number of imidazole rings is 1. The van der Waals surface area contributed by atoms with E-state index in [2.05, 4.69) is 9.97 Å². The predicted molar refractivity (Wildman–Crippen MR) is 64.9 cm³/mol. The Morgan fingerprint density at radius 3 is 3.11 bits per heavy atom. The molecule has 0 bridgehead atoms. The molecule has 5 heteroatoms. The molecule has 0 amide bonds. The summed E-state index contributed by atoms with van der Waals surface area (Å²) in [5.41, 5.74) is 1.83. The van der Waals surface area contributed by atoms with Gasteiger partial charge in [0.15, 0.2) is 0 Å². The maximum atomic E-state index is 11.0. The van der Waals surface area contributed by atoms with Gasteiger partial charge in [0.05, 0.1) is 11.6 Å². The molecule has 1 aliphatic heterocycles. The average Bonchev–Trinajstić information content (AvgIpc) is 2.82. The fourth-order valence-electron chi connectivity index (χ4n) is 2.29. The van der Waals surface area contributed by atoms with Crippen LogP contribution in [0.15, 0.2) is 30.7 Å². The minimum Gasteiger partial charge on any atom is -0.481 e. The van der Waals surface area contributed by atoms with Crippen LogP contribution in [0.4, 0.5) is 0 Å². The third-order valence-electron chi connectivity index (χ3n) is 3.31. The molecule has 0 spiro atoms. The normalized spacial score (nSPS) is 18.3. The molecule has 1 unspecified atom stereocenters. The van der Waals surface area contributed by atoms with Crippen molar-refractivity contribution in [3.05, 3.63) is 36.5 Å². The summed E-state index contributed by atoms with van der Waals surface area (Å²) in [7, 11) is 0. The van der Waals surface area contributed by atoms with E-state index in [-0.39, 0.29) is 5.92 Å². The Bertz CT molecular complexity index is 577. The second-order valence-corrected chi connectivity index (χ2v) is 4.51. The molecule has 0 radical (unpaired) electrons. The van der Waals surface area contributed by atoms with Crippen molar-refractivity contribution in [3.8, 4) is 11.3 Å². The fourth-order valence-corrected chi connectivity index (χ4v) is 2.29. The zero-order valence-electron chi connectivity index (χ0n) is 9.78. The topological polar surface area (TPSA) is 68.0 Å². The Balaban J connectivity index is 1.92. The van der Waals surface area contributed by atoms with Crippen LogP contribution in [0.3, 0.4) is 0 Å². The van der Waals surface area contributed by atoms with Gasteiger partial charge in [-0.1, -0.05) is 0 Å². The quantitative estimate of drug-likeness (QED) is 0.869. The lowest BCUT2D eigenvalue weighted by atomic mass is 9.98. The smallest absolute Gasteiger partial charge is 0.307 e. The van der Waals surface area contributed by atoms with Crippen LogP contribution in [0.5, 0.6) is 0 Å². The van der Waals surface area contributed by atoms with Crippen LogP contribution in [0.25, 0.3) is 11.3 Å². The number of rotatable bonds is 2. The van der Waals surface area contributed by atoms with Gasteiger partial charge in [0, 0.05) is 37.1 Å². The lowest BCUT2D eigenvalue weighted by Crippen LogP contribution is -2.25. The molecule has 92 valence electrons. The first-order valence-corrected chi connectivity index (χ1v) is 5.93. The van der Waals surface area contributed by atoms with Crippen molar-refractivity contribution in [2.75, 3.05) is 0 Å². The van der Waals surface area contributed by atoms with Crippen LogP contribution >= 0.6 is 0 Å². The Labute approximate surface area is 104 Å². The van der Waals surface area contributed by atoms with Gasteiger partial charge >= 0.3 is 5.97 Å². The maximum Gasteiger partial charge on any atom is 0.307 e. The molecule has 3 rings (SSSR count). The van der Waals surface area contributed by atoms with E-state index < -0.39 is 5.97 Å². The Morgan fingerprint density at radius 2 is 2.39 bits per heavy atom. The summed E-state index contributed by atoms with van der Waals surface area (Å²) < 4.78 is 2.04. The third kappa shape index (κ3) is 1.88. The summed E-state index contributed by atoms with van der Waals surface area (Å²) in [6.45, 7) is 0.722. The zero-order chi connectivity index (χ0) is 12.5. The summed E-state index contributed by atoms with van der Waals surface area (Å²) >= 11 is 0. The highest BCUT2D eigenvalue weighted by Crippen LogP contribution is 2.24. The number of hydrogen-bond donors (Lipinski definition) is 1. The highest BCUT2D eigenvalue weighted by Gasteiger charge is 2.25. The fraction of sp³-hybridized carbons (Fsp3) is 0.308. The zero-order valence-corrected chi connectivity index (χ0v) is 9.78. The molecule has 0 saturated heterocycles. The van der Waals surface area contributed by atoms with Crippen LogP contribution in [0.1, 0.15) is 12.2 Å². The second-order valence-electron chi connectivity index (χ2n) is 4.51. The third-order valence-corrected chi connectivity index (χ3v) is 3.31. The Morgan fingerprint density at radius 1 is 1.50 bits per heavy atom. The number of aromatic nitrogens is 3. The molecule has 1 N–H and O–H groups in total. The summed E-state index contributed by atoms with van der Waals surface area (Å²) in [4.78, 5) is 19.6. The first-order valence-electron chi connectivity index (χ1n) is 5.93. The maximum absolute atomic E-state index is 11.0. The number of aliphatic carboxylic acids is 1. The molecular formula is C13H13N3O2. The monoisotopic (exact) mass is 243 g/mol. The number of aryl methyl sites for hydroxylation is 1. The molecular weight excluding hydrogens is 230 g/mol. The molecule has 18 heavy (non-hydrogen) atoms. The van der Waals surface area contributed by atoms with Gasteiger partial charge in [-0.05, 0) is 18.6 Å². The molecule has 1 aliphatic rings. The minimum absolute atomic E-state index is 0.304. The number of pyridine rings is 1. The van der Waals surface area contributed by atoms with Crippen LogP contribution in [-0.4, -0.2) is 25.6 Å². The lowest BCUT2D eigenvalue weighted by Gasteiger charge is -2.19. The van der Waals surface area contributed by atoms with Crippen molar-refractivity contribution in [2.45, 2.75) is 19.4 Å². The van der Waals surface area contributed by atoms with Crippen molar-refractivity contribution >= 4 is 5.97 Å². The van der Waals surface area contributed by atoms with E-state index in [1.165, 1.54) is 0 Å². The highest BCUT2D eigenvalue weighted by molar-refractivity contribution is 5.70. The summed E-state index contributed by atoms with van der Waals surface area (Å²) in [5, 5.41) is 9.04.